The molecule has 1 aromatic heterocycles. The number of benzene rings is 3. The third kappa shape index (κ3) is 5.29. The summed E-state index contributed by atoms with van der Waals surface area (Å²) in [5, 5.41) is 3.38. The van der Waals surface area contributed by atoms with E-state index in [1.165, 1.54) is 4.57 Å². The lowest BCUT2D eigenvalue weighted by Crippen LogP contribution is -2.40. The van der Waals surface area contributed by atoms with Crippen LogP contribution in [0.25, 0.3) is 10.9 Å². The number of nitrogens with one attached hydrogen (secondary N) is 1. The van der Waals surface area contributed by atoms with Gasteiger partial charge in [-0.15, -0.1) is 0 Å². The fourth-order valence-electron chi connectivity index (χ4n) is 4.01. The van der Waals surface area contributed by atoms with Crippen LogP contribution in [-0.4, -0.2) is 15.0 Å². The summed E-state index contributed by atoms with van der Waals surface area (Å²) in [6.07, 6.45) is 1.46. The van der Waals surface area contributed by atoms with Crippen molar-refractivity contribution in [3.05, 3.63) is 111 Å². The summed E-state index contributed by atoms with van der Waals surface area (Å²) in [6, 6.07) is 24.5. The summed E-state index contributed by atoms with van der Waals surface area (Å²) in [4.78, 5) is 38.5. The van der Waals surface area contributed by atoms with E-state index in [1.54, 1.807) is 10.6 Å². The maximum atomic E-state index is 13.3. The van der Waals surface area contributed by atoms with Gasteiger partial charge in [0, 0.05) is 18.7 Å². The highest BCUT2D eigenvalue weighted by atomic mass is 16.2. The van der Waals surface area contributed by atoms with Crippen LogP contribution >= 0.6 is 0 Å². The first-order valence-electron chi connectivity index (χ1n) is 11.2. The molecule has 168 valence electrons. The van der Waals surface area contributed by atoms with Crippen LogP contribution in [0.15, 0.2) is 88.5 Å². The summed E-state index contributed by atoms with van der Waals surface area (Å²) in [5.74, 6) is -0.0797. The monoisotopic (exact) mass is 441 g/mol. The number of amides is 1. The Bertz CT molecular complexity index is 1390. The molecular weight excluding hydrogens is 414 g/mol. The number of aryl methyl sites for hydroxylation is 1. The van der Waals surface area contributed by atoms with Gasteiger partial charge in [0.1, 0.15) is 0 Å². The number of fused-ring (bicyclic) bond motifs is 1. The van der Waals surface area contributed by atoms with Crippen molar-refractivity contribution in [3.63, 3.8) is 0 Å². The molecule has 0 saturated carbocycles. The van der Waals surface area contributed by atoms with Gasteiger partial charge in [-0.3, -0.25) is 18.7 Å². The topological polar surface area (TPSA) is 73.1 Å². The second kappa shape index (κ2) is 10.1. The number of unbranched alkanes of at least 4 members (excludes halogenated alkanes) is 1. The highest BCUT2D eigenvalue weighted by Crippen LogP contribution is 2.12. The van der Waals surface area contributed by atoms with E-state index in [-0.39, 0.29) is 23.7 Å². The van der Waals surface area contributed by atoms with Crippen LogP contribution in [0.4, 0.5) is 5.69 Å². The number of carbonyl (C=O) groups is 1. The zero-order valence-electron chi connectivity index (χ0n) is 18.7. The molecule has 4 aromatic rings. The van der Waals surface area contributed by atoms with Crippen molar-refractivity contribution in [1.82, 2.24) is 9.13 Å². The number of para-hydroxylation sites is 2. The number of carbonyl (C=O) groups excluding carboxylic acids is 1. The lowest BCUT2D eigenvalue weighted by atomic mass is 10.1. The number of hydrogen-bond donors (Lipinski definition) is 1. The molecule has 0 spiro atoms. The molecule has 33 heavy (non-hydrogen) atoms. The Morgan fingerprint density at radius 1 is 0.848 bits per heavy atom. The number of hydrogen-bond acceptors (Lipinski definition) is 3. The van der Waals surface area contributed by atoms with Gasteiger partial charge in [0.15, 0.2) is 0 Å². The molecule has 1 heterocycles. The van der Waals surface area contributed by atoms with E-state index in [2.05, 4.69) is 5.32 Å². The van der Waals surface area contributed by atoms with Crippen molar-refractivity contribution in [2.75, 3.05) is 5.32 Å². The molecule has 0 aliphatic rings. The van der Waals surface area contributed by atoms with Gasteiger partial charge in [-0.1, -0.05) is 60.2 Å². The van der Waals surface area contributed by atoms with Gasteiger partial charge in [-0.25, -0.2) is 4.79 Å². The first kappa shape index (κ1) is 22.3. The summed E-state index contributed by atoms with van der Waals surface area (Å²) < 4.78 is 2.96. The Hall–Kier alpha value is -3.93. The van der Waals surface area contributed by atoms with Gasteiger partial charge in [-0.05, 0) is 49.6 Å². The maximum absolute atomic E-state index is 13.3. The summed E-state index contributed by atoms with van der Waals surface area (Å²) in [7, 11) is 0. The highest BCUT2D eigenvalue weighted by Gasteiger charge is 2.13. The third-order valence-electron chi connectivity index (χ3n) is 5.65. The fourth-order valence-corrected chi connectivity index (χ4v) is 4.01. The number of rotatable bonds is 8. The number of anilines is 1. The third-order valence-corrected chi connectivity index (χ3v) is 5.65. The Morgan fingerprint density at radius 2 is 1.61 bits per heavy atom. The van der Waals surface area contributed by atoms with Gasteiger partial charge < -0.3 is 5.32 Å². The highest BCUT2D eigenvalue weighted by molar-refractivity contribution is 5.90. The average Bonchev–Trinajstić information content (AvgIpc) is 2.82. The fraction of sp³-hybridized carbons (Fsp3) is 0.222. The summed E-state index contributed by atoms with van der Waals surface area (Å²) in [5.41, 5.74) is 2.90. The van der Waals surface area contributed by atoms with Gasteiger partial charge in [0.05, 0.1) is 17.4 Å². The lowest BCUT2D eigenvalue weighted by molar-refractivity contribution is -0.116. The van der Waals surface area contributed by atoms with Gasteiger partial charge >= 0.3 is 5.69 Å². The van der Waals surface area contributed by atoms with E-state index in [0.29, 0.717) is 36.7 Å². The van der Waals surface area contributed by atoms with E-state index in [4.69, 9.17) is 0 Å². The van der Waals surface area contributed by atoms with Crippen LogP contribution < -0.4 is 16.6 Å². The van der Waals surface area contributed by atoms with E-state index in [9.17, 15) is 14.4 Å². The van der Waals surface area contributed by atoms with Crippen LogP contribution in [0.1, 0.15) is 30.4 Å². The minimum absolute atomic E-state index is 0.0797. The summed E-state index contributed by atoms with van der Waals surface area (Å²) in [6.45, 7) is 2.68. The minimum Gasteiger partial charge on any atom is -0.326 e. The molecule has 1 amide bonds. The molecule has 0 saturated heterocycles. The summed E-state index contributed by atoms with van der Waals surface area (Å²) >= 11 is 0. The van der Waals surface area contributed by atoms with E-state index < -0.39 is 0 Å². The van der Waals surface area contributed by atoms with Crippen LogP contribution in [0, 0.1) is 6.92 Å². The molecule has 6 nitrogen and oxygen atoms in total. The normalized spacial score (nSPS) is 10.9. The largest absolute Gasteiger partial charge is 0.331 e. The predicted molar refractivity (Wildman–Crippen MR) is 132 cm³/mol. The molecule has 4 rings (SSSR count). The second-order valence-electron chi connectivity index (χ2n) is 8.20. The minimum atomic E-state index is -0.325. The van der Waals surface area contributed by atoms with Crippen LogP contribution in [0.3, 0.4) is 0 Å². The SMILES string of the molecule is Cc1cccc(Cn2c(=O)n(CCCCC(=O)Nc3ccccc3)c(=O)c3ccccc32)c1. The van der Waals surface area contributed by atoms with E-state index in [1.807, 2.05) is 79.7 Å². The average molecular weight is 442 g/mol. The standard InChI is InChI=1S/C27H27N3O3/c1-20-10-9-11-21(18-20)19-30-24-15-6-5-14-23(24)26(32)29(27(30)33)17-8-7-16-25(31)28-22-12-3-2-4-13-22/h2-6,9-15,18H,7-8,16-17,19H2,1H3,(H,28,31). The molecule has 0 aliphatic carbocycles. The van der Waals surface area contributed by atoms with Crippen LogP contribution in [0.5, 0.6) is 0 Å². The van der Waals surface area contributed by atoms with Gasteiger partial charge in [0.25, 0.3) is 5.56 Å². The quantitative estimate of drug-likeness (QED) is 0.414. The van der Waals surface area contributed by atoms with Crippen molar-refractivity contribution in [2.45, 2.75) is 39.3 Å². The first-order valence-corrected chi connectivity index (χ1v) is 11.2. The molecular formula is C27H27N3O3. The molecule has 0 aliphatic heterocycles. The van der Waals surface area contributed by atoms with E-state index >= 15 is 0 Å². The Balaban J connectivity index is 1.52. The van der Waals surface area contributed by atoms with Crippen molar-refractivity contribution >= 4 is 22.5 Å². The Morgan fingerprint density at radius 3 is 2.39 bits per heavy atom. The van der Waals surface area contributed by atoms with Crippen molar-refractivity contribution in [2.24, 2.45) is 0 Å². The zero-order chi connectivity index (χ0) is 23.2. The number of nitrogens with zero attached hydrogens (tertiary/aromatic N) is 2. The van der Waals surface area contributed by atoms with Crippen molar-refractivity contribution in [3.8, 4) is 0 Å². The predicted octanol–water partition coefficient (Wildman–Crippen LogP) is 4.33. The van der Waals surface area contributed by atoms with Crippen LogP contribution in [0.2, 0.25) is 0 Å². The molecule has 6 heteroatoms. The Kier molecular flexibility index (Phi) is 6.83. The van der Waals surface area contributed by atoms with E-state index in [0.717, 1.165) is 16.8 Å². The Labute approximate surface area is 192 Å². The first-order chi connectivity index (χ1) is 16.0. The smallest absolute Gasteiger partial charge is 0.326 e. The van der Waals surface area contributed by atoms with Crippen molar-refractivity contribution < 1.29 is 4.79 Å². The molecule has 1 N–H and O–H groups in total. The zero-order valence-corrected chi connectivity index (χ0v) is 18.7. The van der Waals surface area contributed by atoms with Gasteiger partial charge in [0.2, 0.25) is 5.91 Å². The molecule has 0 fully saturated rings. The molecule has 0 atom stereocenters. The van der Waals surface area contributed by atoms with Gasteiger partial charge in [-0.2, -0.15) is 0 Å². The molecule has 3 aromatic carbocycles. The van der Waals surface area contributed by atoms with Crippen molar-refractivity contribution in [1.29, 1.82) is 0 Å². The molecule has 0 unspecified atom stereocenters. The lowest BCUT2D eigenvalue weighted by Gasteiger charge is -2.14. The number of aromatic nitrogens is 2. The maximum Gasteiger partial charge on any atom is 0.331 e. The van der Waals surface area contributed by atoms with Crippen LogP contribution in [-0.2, 0) is 17.9 Å². The molecule has 0 bridgehead atoms. The second-order valence-corrected chi connectivity index (χ2v) is 8.20. The molecule has 0 radical (unpaired) electrons.